The molecule has 2 atom stereocenters. The monoisotopic (exact) mass is 215 g/mol. The van der Waals surface area contributed by atoms with Crippen molar-refractivity contribution in [3.63, 3.8) is 0 Å². The number of likely N-dealkylation sites (tertiary alicyclic amines) is 1. The van der Waals surface area contributed by atoms with Crippen molar-refractivity contribution in [2.75, 3.05) is 12.4 Å². The first-order chi connectivity index (χ1) is 6.70. The van der Waals surface area contributed by atoms with Crippen LogP contribution in [-0.4, -0.2) is 35.1 Å². The Morgan fingerprint density at radius 3 is 3.00 bits per heavy atom. The molecule has 2 rings (SSSR count). The molecule has 1 saturated heterocycles. The second-order valence-electron chi connectivity index (χ2n) is 4.21. The molecule has 1 amide bonds. The number of halogens is 1. The quantitative estimate of drug-likeness (QED) is 0.617. The van der Waals surface area contributed by atoms with Crippen LogP contribution < -0.4 is 0 Å². The number of carbonyl (C=O) groups is 2. The average molecular weight is 216 g/mol. The van der Waals surface area contributed by atoms with Crippen LogP contribution in [0.15, 0.2) is 0 Å². The molecule has 2 aliphatic rings. The van der Waals surface area contributed by atoms with E-state index in [0.29, 0.717) is 18.1 Å². The molecule has 0 unspecified atom stereocenters. The van der Waals surface area contributed by atoms with Crippen LogP contribution in [0, 0.1) is 5.92 Å². The molecule has 78 valence electrons. The van der Waals surface area contributed by atoms with Crippen LogP contribution in [0.25, 0.3) is 0 Å². The van der Waals surface area contributed by atoms with Gasteiger partial charge in [0, 0.05) is 25.4 Å². The maximum Gasteiger partial charge on any atom is 0.237 e. The number of fused-ring (bicyclic) bond motifs is 2. The van der Waals surface area contributed by atoms with Gasteiger partial charge in [0.1, 0.15) is 11.7 Å². The largest absolute Gasteiger partial charge is 0.338 e. The normalized spacial score (nSPS) is 31.8. The maximum atomic E-state index is 11.5. The van der Waals surface area contributed by atoms with Crippen molar-refractivity contribution in [2.24, 2.45) is 5.92 Å². The van der Waals surface area contributed by atoms with Crippen LogP contribution in [0.4, 0.5) is 0 Å². The Morgan fingerprint density at radius 2 is 2.29 bits per heavy atom. The summed E-state index contributed by atoms with van der Waals surface area (Å²) in [5.74, 6) is 0.832. The van der Waals surface area contributed by atoms with Crippen LogP contribution in [-0.2, 0) is 9.59 Å². The Morgan fingerprint density at radius 1 is 1.50 bits per heavy atom. The predicted octanol–water partition coefficient (Wildman–Crippen LogP) is 1.20. The van der Waals surface area contributed by atoms with Crippen LogP contribution in [0.1, 0.15) is 25.7 Å². The van der Waals surface area contributed by atoms with Crippen molar-refractivity contribution in [1.29, 1.82) is 0 Å². The third-order valence-electron chi connectivity index (χ3n) is 3.24. The average Bonchev–Trinajstić information content (AvgIpc) is 2.16. The number of hydrogen-bond donors (Lipinski definition) is 0. The van der Waals surface area contributed by atoms with E-state index in [0.717, 1.165) is 25.8 Å². The van der Waals surface area contributed by atoms with Crippen molar-refractivity contribution in [3.8, 4) is 0 Å². The Labute approximate surface area is 88.4 Å². The van der Waals surface area contributed by atoms with Crippen molar-refractivity contribution in [2.45, 2.75) is 31.7 Å². The van der Waals surface area contributed by atoms with Crippen molar-refractivity contribution in [3.05, 3.63) is 0 Å². The fourth-order valence-corrected chi connectivity index (χ4v) is 2.74. The lowest BCUT2D eigenvalue weighted by atomic mass is 9.79. The highest BCUT2D eigenvalue weighted by Crippen LogP contribution is 2.32. The van der Waals surface area contributed by atoms with Gasteiger partial charge in [0.05, 0.1) is 0 Å². The molecule has 1 saturated carbocycles. The van der Waals surface area contributed by atoms with E-state index in [2.05, 4.69) is 0 Å². The molecular formula is C10H14ClNO2. The second-order valence-corrected chi connectivity index (χ2v) is 4.48. The third-order valence-corrected chi connectivity index (χ3v) is 3.47. The number of Topliss-reactive ketones (excluding diaryl/α,β-unsaturated/α-hetero) is 1. The number of alkyl halides is 1. The standard InChI is InChI=1S/C10H14ClNO2/c11-6-10(14)12-2-1-7-3-8(12)5-9(13)4-7/h7-8H,1-6H2/t7-,8+/m1/s1. The number of nitrogens with zero attached hydrogens (tertiary/aromatic N) is 1. The lowest BCUT2D eigenvalue weighted by Crippen LogP contribution is -2.50. The molecular weight excluding hydrogens is 202 g/mol. The molecule has 0 spiro atoms. The summed E-state index contributed by atoms with van der Waals surface area (Å²) >= 11 is 5.52. The van der Waals surface area contributed by atoms with E-state index < -0.39 is 0 Å². The van der Waals surface area contributed by atoms with Gasteiger partial charge in [-0.05, 0) is 18.8 Å². The summed E-state index contributed by atoms with van der Waals surface area (Å²) < 4.78 is 0. The summed E-state index contributed by atoms with van der Waals surface area (Å²) in [6.45, 7) is 0.786. The molecule has 0 aromatic carbocycles. The molecule has 1 heterocycles. The number of carbonyl (C=O) groups excluding carboxylic acids is 2. The molecule has 3 nitrogen and oxygen atoms in total. The number of piperidine rings is 1. The van der Waals surface area contributed by atoms with Gasteiger partial charge in [0.15, 0.2) is 0 Å². The van der Waals surface area contributed by atoms with Gasteiger partial charge in [-0.3, -0.25) is 9.59 Å². The van der Waals surface area contributed by atoms with Crippen LogP contribution >= 0.6 is 11.6 Å². The molecule has 2 fully saturated rings. The van der Waals surface area contributed by atoms with Gasteiger partial charge in [-0.2, -0.15) is 0 Å². The number of ketones is 1. The van der Waals surface area contributed by atoms with Crippen LogP contribution in [0.3, 0.4) is 0 Å². The van der Waals surface area contributed by atoms with E-state index >= 15 is 0 Å². The Bertz CT molecular complexity index is 267. The topological polar surface area (TPSA) is 37.4 Å². The molecule has 0 radical (unpaired) electrons. The van der Waals surface area contributed by atoms with Crippen LogP contribution in [0.2, 0.25) is 0 Å². The summed E-state index contributed by atoms with van der Waals surface area (Å²) in [4.78, 5) is 24.6. The number of amides is 1. The summed E-state index contributed by atoms with van der Waals surface area (Å²) in [5.41, 5.74) is 0. The predicted molar refractivity (Wildman–Crippen MR) is 53.2 cm³/mol. The summed E-state index contributed by atoms with van der Waals surface area (Å²) in [6.07, 6.45) is 3.22. The SMILES string of the molecule is O=C1C[C@@H]2CCN(C(=O)CCl)[C@H](C1)C2. The first-order valence-corrected chi connectivity index (χ1v) is 5.61. The van der Waals surface area contributed by atoms with E-state index in [-0.39, 0.29) is 17.8 Å². The van der Waals surface area contributed by atoms with Crippen LogP contribution in [0.5, 0.6) is 0 Å². The lowest BCUT2D eigenvalue weighted by Gasteiger charge is -2.42. The minimum Gasteiger partial charge on any atom is -0.338 e. The maximum absolute atomic E-state index is 11.5. The third kappa shape index (κ3) is 1.78. The summed E-state index contributed by atoms with van der Waals surface area (Å²) in [6, 6.07) is 0.140. The molecule has 14 heavy (non-hydrogen) atoms. The molecule has 0 N–H and O–H groups in total. The smallest absolute Gasteiger partial charge is 0.237 e. The minimum absolute atomic E-state index is 0.0233. The van der Waals surface area contributed by atoms with Gasteiger partial charge < -0.3 is 4.90 Å². The highest BCUT2D eigenvalue weighted by Gasteiger charge is 2.36. The van der Waals surface area contributed by atoms with E-state index in [1.54, 1.807) is 4.90 Å². The Balaban J connectivity index is 2.07. The zero-order chi connectivity index (χ0) is 10.1. The molecule has 4 heteroatoms. The highest BCUT2D eigenvalue weighted by atomic mass is 35.5. The first kappa shape index (κ1) is 9.97. The zero-order valence-electron chi connectivity index (χ0n) is 8.04. The van der Waals surface area contributed by atoms with Gasteiger partial charge >= 0.3 is 0 Å². The summed E-state index contributed by atoms with van der Waals surface area (Å²) in [7, 11) is 0. The highest BCUT2D eigenvalue weighted by molar-refractivity contribution is 6.27. The minimum atomic E-state index is -0.0233. The van der Waals surface area contributed by atoms with E-state index in [9.17, 15) is 9.59 Å². The fourth-order valence-electron chi connectivity index (χ4n) is 2.59. The van der Waals surface area contributed by atoms with E-state index in [1.165, 1.54) is 0 Å². The molecule has 0 aromatic heterocycles. The van der Waals surface area contributed by atoms with Gasteiger partial charge in [-0.15, -0.1) is 11.6 Å². The zero-order valence-corrected chi connectivity index (χ0v) is 8.79. The van der Waals surface area contributed by atoms with Gasteiger partial charge in [0.2, 0.25) is 5.91 Å². The molecule has 0 aromatic rings. The van der Waals surface area contributed by atoms with E-state index in [4.69, 9.17) is 11.6 Å². The van der Waals surface area contributed by atoms with E-state index in [1.807, 2.05) is 0 Å². The van der Waals surface area contributed by atoms with Gasteiger partial charge in [-0.25, -0.2) is 0 Å². The van der Waals surface area contributed by atoms with Gasteiger partial charge in [-0.1, -0.05) is 0 Å². The first-order valence-electron chi connectivity index (χ1n) is 5.08. The molecule has 1 aliphatic carbocycles. The number of hydrogen-bond acceptors (Lipinski definition) is 2. The molecule has 2 bridgehead atoms. The Kier molecular flexibility index (Phi) is 2.77. The second kappa shape index (κ2) is 3.89. The Hall–Kier alpha value is -0.570. The number of rotatable bonds is 1. The van der Waals surface area contributed by atoms with Crippen molar-refractivity contribution >= 4 is 23.3 Å². The fraction of sp³-hybridized carbons (Fsp3) is 0.800. The van der Waals surface area contributed by atoms with Crippen molar-refractivity contribution in [1.82, 2.24) is 4.90 Å². The van der Waals surface area contributed by atoms with Crippen molar-refractivity contribution < 1.29 is 9.59 Å². The molecule has 1 aliphatic heterocycles. The van der Waals surface area contributed by atoms with Gasteiger partial charge in [0.25, 0.3) is 0 Å². The lowest BCUT2D eigenvalue weighted by molar-refractivity contribution is -0.137. The summed E-state index contributed by atoms with van der Waals surface area (Å²) in [5, 5.41) is 0.